The molecule has 0 aliphatic carbocycles. The molecule has 0 saturated heterocycles. The highest BCUT2D eigenvalue weighted by Gasteiger charge is 2.11. The number of nitrogens with one attached hydrogen (secondary N) is 2. The number of hydrogen-bond donors (Lipinski definition) is 2. The Hall–Kier alpha value is -2.99. The second-order valence-electron chi connectivity index (χ2n) is 5.95. The molecule has 0 atom stereocenters. The first-order valence-corrected chi connectivity index (χ1v) is 8.59. The lowest BCUT2D eigenvalue weighted by atomic mass is 10.1. The van der Waals surface area contributed by atoms with Crippen LogP contribution in [0.5, 0.6) is 0 Å². The van der Waals surface area contributed by atoms with Crippen LogP contribution in [-0.2, 0) is 6.42 Å². The number of carbonyl (C=O) groups is 2. The molecule has 3 aromatic rings. The summed E-state index contributed by atoms with van der Waals surface area (Å²) >= 11 is 0. The van der Waals surface area contributed by atoms with E-state index in [-0.39, 0.29) is 23.8 Å². The maximum absolute atomic E-state index is 12.2. The maximum Gasteiger partial charge on any atom is 0.288 e. The van der Waals surface area contributed by atoms with E-state index in [1.165, 1.54) is 0 Å². The summed E-state index contributed by atoms with van der Waals surface area (Å²) in [7, 11) is 0. The zero-order valence-electron chi connectivity index (χ0n) is 14.9. The van der Waals surface area contributed by atoms with Crippen LogP contribution in [0, 0.1) is 0 Å². The highest BCUT2D eigenvalue weighted by molar-refractivity contribution is 5.98. The molecule has 2 amide bonds. The smallest absolute Gasteiger partial charge is 0.266 e. The fourth-order valence-corrected chi connectivity index (χ4v) is 2.52. The molecule has 0 fully saturated rings. The van der Waals surface area contributed by atoms with Crippen LogP contribution in [0.4, 0.5) is 0 Å². The number of carbonyl (C=O) groups excluding carboxylic acids is 2. The van der Waals surface area contributed by atoms with Gasteiger partial charge in [-0.25, -0.2) is 4.98 Å². The van der Waals surface area contributed by atoms with Crippen LogP contribution >= 0.6 is 12.4 Å². The number of benzene rings is 1. The van der Waals surface area contributed by atoms with E-state index in [0.717, 1.165) is 35.7 Å². The summed E-state index contributed by atoms with van der Waals surface area (Å²) in [5.74, 6) is -0.954. The Bertz CT molecular complexity index is 929. The van der Waals surface area contributed by atoms with Crippen LogP contribution in [0.15, 0.2) is 54.7 Å². The number of para-hydroxylation sites is 1. The number of fused-ring (bicyclic) bond motifs is 1. The minimum atomic E-state index is -0.483. The molecule has 0 aliphatic heterocycles. The van der Waals surface area contributed by atoms with E-state index in [0.29, 0.717) is 0 Å². The second kappa shape index (κ2) is 9.64. The third kappa shape index (κ3) is 5.24. The van der Waals surface area contributed by atoms with Crippen molar-refractivity contribution in [3.8, 4) is 0 Å². The minimum absolute atomic E-state index is 0. The summed E-state index contributed by atoms with van der Waals surface area (Å²) in [6.07, 6.45) is 4.83. The Kier molecular flexibility index (Phi) is 7.25. The largest absolute Gasteiger partial charge is 0.288 e. The van der Waals surface area contributed by atoms with Crippen LogP contribution in [0.25, 0.3) is 10.9 Å². The quantitative estimate of drug-likeness (QED) is 0.660. The van der Waals surface area contributed by atoms with E-state index in [2.05, 4.69) is 27.7 Å². The molecule has 2 aromatic heterocycles. The van der Waals surface area contributed by atoms with Gasteiger partial charge < -0.3 is 0 Å². The van der Waals surface area contributed by atoms with Crippen molar-refractivity contribution in [1.82, 2.24) is 20.8 Å². The van der Waals surface area contributed by atoms with Crippen LogP contribution in [0.3, 0.4) is 0 Å². The molecule has 140 valence electrons. The maximum atomic E-state index is 12.2. The van der Waals surface area contributed by atoms with Gasteiger partial charge in [-0.15, -0.1) is 12.4 Å². The number of hydrazine groups is 1. The number of aryl methyl sites for hydroxylation is 1. The van der Waals surface area contributed by atoms with Gasteiger partial charge in [0.15, 0.2) is 0 Å². The first-order valence-electron chi connectivity index (χ1n) is 8.59. The molecule has 7 heteroatoms. The molecule has 2 N–H and O–H groups in total. The number of rotatable bonds is 5. The van der Waals surface area contributed by atoms with Gasteiger partial charge in [0, 0.05) is 11.6 Å². The summed E-state index contributed by atoms with van der Waals surface area (Å²) in [5.41, 5.74) is 7.02. The first-order chi connectivity index (χ1) is 12.7. The second-order valence-corrected chi connectivity index (χ2v) is 5.95. The SMILES string of the molecule is CCCCc1ccc(C(=O)NNC(=O)c2ccc3ccccc3n2)nc1.Cl. The highest BCUT2D eigenvalue weighted by Crippen LogP contribution is 2.11. The van der Waals surface area contributed by atoms with Gasteiger partial charge in [0.1, 0.15) is 11.4 Å². The van der Waals surface area contributed by atoms with Gasteiger partial charge in [0.2, 0.25) is 0 Å². The van der Waals surface area contributed by atoms with Crippen molar-refractivity contribution in [2.75, 3.05) is 0 Å². The van der Waals surface area contributed by atoms with Crippen LogP contribution < -0.4 is 10.9 Å². The number of amides is 2. The number of hydrogen-bond acceptors (Lipinski definition) is 4. The Balaban J connectivity index is 0.00000261. The van der Waals surface area contributed by atoms with Crippen LogP contribution in [-0.4, -0.2) is 21.8 Å². The Labute approximate surface area is 163 Å². The van der Waals surface area contributed by atoms with E-state index in [9.17, 15) is 9.59 Å². The van der Waals surface area contributed by atoms with E-state index in [1.807, 2.05) is 36.4 Å². The zero-order chi connectivity index (χ0) is 18.4. The van der Waals surface area contributed by atoms with Gasteiger partial charge in [0.25, 0.3) is 11.8 Å². The van der Waals surface area contributed by atoms with Crippen molar-refractivity contribution in [2.45, 2.75) is 26.2 Å². The Morgan fingerprint density at radius 3 is 2.33 bits per heavy atom. The number of aromatic nitrogens is 2. The Morgan fingerprint density at radius 2 is 1.63 bits per heavy atom. The zero-order valence-corrected chi connectivity index (χ0v) is 15.8. The van der Waals surface area contributed by atoms with Gasteiger partial charge in [-0.2, -0.15) is 0 Å². The molecular weight excluding hydrogens is 364 g/mol. The lowest BCUT2D eigenvalue weighted by Crippen LogP contribution is -2.42. The molecule has 3 rings (SSSR count). The van der Waals surface area contributed by atoms with Crippen molar-refractivity contribution in [1.29, 1.82) is 0 Å². The van der Waals surface area contributed by atoms with E-state index >= 15 is 0 Å². The van der Waals surface area contributed by atoms with Crippen molar-refractivity contribution in [3.05, 3.63) is 71.7 Å². The fraction of sp³-hybridized carbons (Fsp3) is 0.200. The van der Waals surface area contributed by atoms with Gasteiger partial charge in [-0.05, 0) is 36.6 Å². The van der Waals surface area contributed by atoms with Crippen molar-refractivity contribution < 1.29 is 9.59 Å². The number of halogens is 1. The molecule has 0 unspecified atom stereocenters. The van der Waals surface area contributed by atoms with Gasteiger partial charge in [-0.3, -0.25) is 25.4 Å². The van der Waals surface area contributed by atoms with E-state index < -0.39 is 11.8 Å². The summed E-state index contributed by atoms with van der Waals surface area (Å²) in [5, 5.41) is 0.945. The summed E-state index contributed by atoms with van der Waals surface area (Å²) in [6, 6.07) is 14.5. The standard InChI is InChI=1S/C20H20N4O2.ClH/c1-2-3-6-14-9-11-17(21-13-14)19(25)23-24-20(26)18-12-10-15-7-4-5-8-16(15)22-18;/h4-5,7-13H,2-3,6H2,1H3,(H,23,25)(H,24,26);1H. The lowest BCUT2D eigenvalue weighted by Gasteiger charge is -2.08. The summed E-state index contributed by atoms with van der Waals surface area (Å²) in [4.78, 5) is 32.7. The molecule has 2 heterocycles. The highest BCUT2D eigenvalue weighted by atomic mass is 35.5. The third-order valence-electron chi connectivity index (χ3n) is 4.00. The topological polar surface area (TPSA) is 84.0 Å². The predicted molar refractivity (Wildman–Crippen MR) is 107 cm³/mol. The molecule has 0 aliphatic rings. The van der Waals surface area contributed by atoms with Gasteiger partial charge in [0.05, 0.1) is 5.52 Å². The molecule has 0 radical (unpaired) electrons. The molecule has 0 saturated carbocycles. The molecule has 0 bridgehead atoms. The van der Waals surface area contributed by atoms with Crippen molar-refractivity contribution in [3.63, 3.8) is 0 Å². The van der Waals surface area contributed by atoms with Crippen LogP contribution in [0.2, 0.25) is 0 Å². The molecule has 1 aromatic carbocycles. The Morgan fingerprint density at radius 1 is 0.926 bits per heavy atom. The monoisotopic (exact) mass is 384 g/mol. The number of unbranched alkanes of at least 4 members (excludes halogenated alkanes) is 1. The number of pyridine rings is 2. The molecule has 27 heavy (non-hydrogen) atoms. The minimum Gasteiger partial charge on any atom is -0.266 e. The van der Waals surface area contributed by atoms with Gasteiger partial charge in [-0.1, -0.05) is 43.7 Å². The third-order valence-corrected chi connectivity index (χ3v) is 4.00. The summed E-state index contributed by atoms with van der Waals surface area (Å²) < 4.78 is 0. The van der Waals surface area contributed by atoms with Crippen LogP contribution in [0.1, 0.15) is 46.3 Å². The van der Waals surface area contributed by atoms with E-state index in [4.69, 9.17) is 0 Å². The normalized spacial score (nSPS) is 10.1. The average molecular weight is 385 g/mol. The molecular formula is C20H21ClN4O2. The fourth-order valence-electron chi connectivity index (χ4n) is 2.52. The van der Waals surface area contributed by atoms with E-state index in [1.54, 1.807) is 18.3 Å². The lowest BCUT2D eigenvalue weighted by molar-refractivity contribution is 0.0841. The molecule has 0 spiro atoms. The average Bonchev–Trinajstić information content (AvgIpc) is 2.70. The first kappa shape index (κ1) is 20.3. The van der Waals surface area contributed by atoms with Crippen molar-refractivity contribution in [2.24, 2.45) is 0 Å². The summed E-state index contributed by atoms with van der Waals surface area (Å²) in [6.45, 7) is 2.13. The molecule has 6 nitrogen and oxygen atoms in total. The van der Waals surface area contributed by atoms with Gasteiger partial charge >= 0.3 is 0 Å². The number of nitrogens with zero attached hydrogens (tertiary/aromatic N) is 2. The predicted octanol–water partition coefficient (Wildman–Crippen LogP) is 3.47. The van der Waals surface area contributed by atoms with Crippen molar-refractivity contribution >= 4 is 35.1 Å².